The second-order valence-corrected chi connectivity index (χ2v) is 4.66. The largest absolute Gasteiger partial charge is 0.497 e. The Labute approximate surface area is 124 Å². The van der Waals surface area contributed by atoms with E-state index < -0.39 is 0 Å². The van der Waals surface area contributed by atoms with Gasteiger partial charge in [-0.2, -0.15) is 0 Å². The van der Waals surface area contributed by atoms with Crippen molar-refractivity contribution in [3.8, 4) is 11.5 Å². The molecule has 0 N–H and O–H groups in total. The monoisotopic (exact) mass is 282 g/mol. The van der Waals surface area contributed by atoms with Crippen molar-refractivity contribution in [2.45, 2.75) is 6.92 Å². The van der Waals surface area contributed by atoms with Gasteiger partial charge < -0.3 is 9.47 Å². The summed E-state index contributed by atoms with van der Waals surface area (Å²) in [7, 11) is 3.25. The van der Waals surface area contributed by atoms with Crippen molar-refractivity contribution in [3.63, 3.8) is 0 Å². The third-order valence-corrected chi connectivity index (χ3v) is 3.14. The van der Waals surface area contributed by atoms with E-state index in [-0.39, 0.29) is 5.78 Å². The van der Waals surface area contributed by atoms with E-state index in [1.54, 1.807) is 21.1 Å². The van der Waals surface area contributed by atoms with Crippen molar-refractivity contribution in [2.24, 2.45) is 0 Å². The van der Waals surface area contributed by atoms with Crippen LogP contribution in [0.3, 0.4) is 0 Å². The zero-order valence-corrected chi connectivity index (χ0v) is 12.4. The molecule has 0 spiro atoms. The maximum absolute atomic E-state index is 11.4. The Morgan fingerprint density at radius 2 is 1.52 bits per heavy atom. The van der Waals surface area contributed by atoms with Gasteiger partial charge in [0.1, 0.15) is 11.5 Å². The predicted octanol–water partition coefficient (Wildman–Crippen LogP) is 4.08. The summed E-state index contributed by atoms with van der Waals surface area (Å²) in [6.07, 6.45) is 3.92. The SMILES string of the molecule is COc1cc(/C=C/c2cccc(C(C)=O)c2)cc(OC)c1. The van der Waals surface area contributed by atoms with Crippen LogP contribution in [0.4, 0.5) is 0 Å². The molecule has 3 nitrogen and oxygen atoms in total. The average Bonchev–Trinajstić information content (AvgIpc) is 2.52. The number of methoxy groups -OCH3 is 2. The van der Waals surface area contributed by atoms with Crippen LogP contribution in [0.1, 0.15) is 28.4 Å². The molecule has 2 aromatic carbocycles. The minimum atomic E-state index is 0.0632. The van der Waals surface area contributed by atoms with E-state index in [2.05, 4.69) is 0 Å². The number of hydrogen-bond donors (Lipinski definition) is 0. The Morgan fingerprint density at radius 3 is 2.10 bits per heavy atom. The number of ether oxygens (including phenoxy) is 2. The highest BCUT2D eigenvalue weighted by molar-refractivity contribution is 5.94. The van der Waals surface area contributed by atoms with E-state index in [1.807, 2.05) is 54.6 Å². The van der Waals surface area contributed by atoms with E-state index in [9.17, 15) is 4.79 Å². The van der Waals surface area contributed by atoms with E-state index in [4.69, 9.17) is 9.47 Å². The molecule has 0 aliphatic rings. The van der Waals surface area contributed by atoms with Gasteiger partial charge in [0.15, 0.2) is 5.78 Å². The van der Waals surface area contributed by atoms with Crippen LogP contribution >= 0.6 is 0 Å². The van der Waals surface area contributed by atoms with Crippen LogP contribution in [0.25, 0.3) is 12.2 Å². The lowest BCUT2D eigenvalue weighted by atomic mass is 10.1. The number of Topliss-reactive ketones (excluding diaryl/α,β-unsaturated/α-hetero) is 1. The van der Waals surface area contributed by atoms with E-state index in [1.165, 1.54) is 0 Å². The van der Waals surface area contributed by atoms with Crippen molar-refractivity contribution >= 4 is 17.9 Å². The highest BCUT2D eigenvalue weighted by atomic mass is 16.5. The van der Waals surface area contributed by atoms with Crippen LogP contribution in [-0.4, -0.2) is 20.0 Å². The molecule has 0 radical (unpaired) electrons. The normalized spacial score (nSPS) is 10.6. The highest BCUT2D eigenvalue weighted by Crippen LogP contribution is 2.23. The first-order valence-electron chi connectivity index (χ1n) is 6.64. The first kappa shape index (κ1) is 14.9. The summed E-state index contributed by atoms with van der Waals surface area (Å²) in [4.78, 5) is 11.4. The number of carbonyl (C=O) groups excluding carboxylic acids is 1. The second-order valence-electron chi connectivity index (χ2n) is 4.66. The van der Waals surface area contributed by atoms with Gasteiger partial charge in [0, 0.05) is 11.6 Å². The zero-order chi connectivity index (χ0) is 15.2. The fourth-order valence-electron chi connectivity index (χ4n) is 1.98. The van der Waals surface area contributed by atoms with Crippen LogP contribution in [0.2, 0.25) is 0 Å². The average molecular weight is 282 g/mol. The van der Waals surface area contributed by atoms with Crippen molar-refractivity contribution in [3.05, 3.63) is 59.2 Å². The number of benzene rings is 2. The standard InChI is InChI=1S/C18H18O3/c1-13(19)16-6-4-5-14(9-16)7-8-15-10-17(20-2)12-18(11-15)21-3/h4-12H,1-3H3/b8-7+. The molecule has 0 atom stereocenters. The Bertz CT molecular complexity index is 650. The Morgan fingerprint density at radius 1 is 0.905 bits per heavy atom. The molecule has 0 fully saturated rings. The molecule has 108 valence electrons. The van der Waals surface area contributed by atoms with Crippen LogP contribution in [0.5, 0.6) is 11.5 Å². The van der Waals surface area contributed by atoms with Gasteiger partial charge in [-0.25, -0.2) is 0 Å². The second kappa shape index (κ2) is 6.75. The van der Waals surface area contributed by atoms with E-state index in [0.717, 1.165) is 22.6 Å². The lowest BCUT2D eigenvalue weighted by Crippen LogP contribution is -1.91. The first-order valence-corrected chi connectivity index (χ1v) is 6.64. The summed E-state index contributed by atoms with van der Waals surface area (Å²) in [5, 5.41) is 0. The summed E-state index contributed by atoms with van der Waals surface area (Å²) < 4.78 is 10.5. The molecule has 0 unspecified atom stereocenters. The molecule has 0 heterocycles. The number of carbonyl (C=O) groups is 1. The molecular formula is C18H18O3. The lowest BCUT2D eigenvalue weighted by Gasteiger charge is -2.05. The Hall–Kier alpha value is -2.55. The van der Waals surface area contributed by atoms with Gasteiger partial charge in [0.2, 0.25) is 0 Å². The van der Waals surface area contributed by atoms with Crippen LogP contribution in [0, 0.1) is 0 Å². The first-order chi connectivity index (χ1) is 10.1. The topological polar surface area (TPSA) is 35.5 Å². The van der Waals surface area contributed by atoms with Gasteiger partial charge in [-0.1, -0.05) is 30.4 Å². The van der Waals surface area contributed by atoms with E-state index in [0.29, 0.717) is 5.56 Å². The molecule has 0 saturated heterocycles. The molecule has 0 aromatic heterocycles. The van der Waals surface area contributed by atoms with Crippen LogP contribution in [0.15, 0.2) is 42.5 Å². The third kappa shape index (κ3) is 3.96. The number of rotatable bonds is 5. The molecule has 2 aromatic rings. The smallest absolute Gasteiger partial charge is 0.159 e. The minimum absolute atomic E-state index is 0.0632. The Kier molecular flexibility index (Phi) is 4.77. The molecule has 3 heteroatoms. The summed E-state index contributed by atoms with van der Waals surface area (Å²) >= 11 is 0. The quantitative estimate of drug-likeness (QED) is 0.612. The van der Waals surface area contributed by atoms with Crippen LogP contribution in [-0.2, 0) is 0 Å². The zero-order valence-electron chi connectivity index (χ0n) is 12.4. The number of ketones is 1. The van der Waals surface area contributed by atoms with Crippen molar-refractivity contribution in [2.75, 3.05) is 14.2 Å². The number of hydrogen-bond acceptors (Lipinski definition) is 3. The molecule has 0 aliphatic carbocycles. The molecule has 0 bridgehead atoms. The maximum atomic E-state index is 11.4. The van der Waals surface area contributed by atoms with Gasteiger partial charge in [0.25, 0.3) is 0 Å². The van der Waals surface area contributed by atoms with Gasteiger partial charge in [-0.15, -0.1) is 0 Å². The third-order valence-electron chi connectivity index (χ3n) is 3.14. The molecule has 21 heavy (non-hydrogen) atoms. The lowest BCUT2D eigenvalue weighted by molar-refractivity contribution is 0.101. The molecule has 0 amide bonds. The van der Waals surface area contributed by atoms with E-state index >= 15 is 0 Å². The fourth-order valence-corrected chi connectivity index (χ4v) is 1.98. The fraction of sp³-hybridized carbons (Fsp3) is 0.167. The van der Waals surface area contributed by atoms with Gasteiger partial charge >= 0.3 is 0 Å². The molecule has 0 saturated carbocycles. The predicted molar refractivity (Wildman–Crippen MR) is 84.9 cm³/mol. The summed E-state index contributed by atoms with van der Waals surface area (Å²) in [5.41, 5.74) is 2.66. The Balaban J connectivity index is 2.28. The summed E-state index contributed by atoms with van der Waals surface area (Å²) in [6.45, 7) is 1.57. The molecule has 2 rings (SSSR count). The minimum Gasteiger partial charge on any atom is -0.497 e. The summed E-state index contributed by atoms with van der Waals surface area (Å²) in [6, 6.07) is 13.2. The van der Waals surface area contributed by atoms with Crippen molar-refractivity contribution in [1.82, 2.24) is 0 Å². The maximum Gasteiger partial charge on any atom is 0.159 e. The van der Waals surface area contributed by atoms with Gasteiger partial charge in [-0.3, -0.25) is 4.79 Å². The molecular weight excluding hydrogens is 264 g/mol. The highest BCUT2D eigenvalue weighted by Gasteiger charge is 2.01. The van der Waals surface area contributed by atoms with Crippen LogP contribution < -0.4 is 9.47 Å². The molecule has 0 aliphatic heterocycles. The van der Waals surface area contributed by atoms with Crippen molar-refractivity contribution < 1.29 is 14.3 Å². The van der Waals surface area contributed by atoms with Gasteiger partial charge in [-0.05, 0) is 36.2 Å². The summed E-state index contributed by atoms with van der Waals surface area (Å²) in [5.74, 6) is 1.55. The van der Waals surface area contributed by atoms with Crippen molar-refractivity contribution in [1.29, 1.82) is 0 Å². The van der Waals surface area contributed by atoms with Gasteiger partial charge in [0.05, 0.1) is 14.2 Å².